The van der Waals surface area contributed by atoms with Crippen molar-refractivity contribution < 1.29 is 9.31 Å². The van der Waals surface area contributed by atoms with Crippen LogP contribution in [-0.4, -0.2) is 18.3 Å². The molecule has 1 aliphatic heterocycles. The third-order valence-corrected chi connectivity index (χ3v) is 4.93. The van der Waals surface area contributed by atoms with Gasteiger partial charge in [0.2, 0.25) is 0 Å². The standard InChI is InChI=1S/C15H27BO2/c1-11-7-8-12(2)13(9-11)10-16-17-14(3,4)15(5,6)18-16/h10-12H,7-9H2,1-6H3/b13-10+. The van der Waals surface area contributed by atoms with Crippen LogP contribution in [0.15, 0.2) is 11.5 Å². The molecule has 102 valence electrons. The van der Waals surface area contributed by atoms with Crippen molar-refractivity contribution in [3.63, 3.8) is 0 Å². The first kappa shape index (κ1) is 14.1. The number of hydrogen-bond acceptors (Lipinski definition) is 2. The summed E-state index contributed by atoms with van der Waals surface area (Å²) in [4.78, 5) is 0. The average Bonchev–Trinajstić information content (AvgIpc) is 2.41. The highest BCUT2D eigenvalue weighted by Crippen LogP contribution is 2.39. The first-order chi connectivity index (χ1) is 8.21. The van der Waals surface area contributed by atoms with Crippen LogP contribution in [0.3, 0.4) is 0 Å². The average molecular weight is 250 g/mol. The van der Waals surface area contributed by atoms with Crippen LogP contribution < -0.4 is 0 Å². The molecular weight excluding hydrogens is 223 g/mol. The number of allylic oxidation sites excluding steroid dienone is 1. The molecule has 0 aromatic carbocycles. The van der Waals surface area contributed by atoms with Gasteiger partial charge < -0.3 is 9.31 Å². The molecule has 2 aliphatic rings. The van der Waals surface area contributed by atoms with E-state index >= 15 is 0 Å². The molecule has 1 heterocycles. The Morgan fingerprint density at radius 2 is 1.61 bits per heavy atom. The van der Waals surface area contributed by atoms with Crippen LogP contribution in [-0.2, 0) is 9.31 Å². The molecule has 0 aromatic heterocycles. The summed E-state index contributed by atoms with van der Waals surface area (Å²) >= 11 is 0. The van der Waals surface area contributed by atoms with Crippen molar-refractivity contribution in [2.24, 2.45) is 11.8 Å². The molecule has 3 heteroatoms. The Hall–Kier alpha value is -0.275. The molecule has 0 radical (unpaired) electrons. The summed E-state index contributed by atoms with van der Waals surface area (Å²) < 4.78 is 12.1. The van der Waals surface area contributed by atoms with E-state index < -0.39 is 0 Å². The fourth-order valence-electron chi connectivity index (χ4n) is 2.79. The molecule has 0 aromatic rings. The summed E-state index contributed by atoms with van der Waals surface area (Å²) in [6, 6.07) is 0. The number of rotatable bonds is 1. The lowest BCUT2D eigenvalue weighted by atomic mass is 9.74. The highest BCUT2D eigenvalue weighted by atomic mass is 16.7. The summed E-state index contributed by atoms with van der Waals surface area (Å²) in [6.07, 6.45) is 3.85. The summed E-state index contributed by atoms with van der Waals surface area (Å²) in [5.74, 6) is 3.71. The largest absolute Gasteiger partial charge is 0.487 e. The zero-order valence-corrected chi connectivity index (χ0v) is 12.7. The van der Waals surface area contributed by atoms with E-state index in [0.29, 0.717) is 5.92 Å². The second-order valence-electron chi connectivity index (χ2n) is 7.15. The maximum Gasteiger partial charge on any atom is 0.487 e. The van der Waals surface area contributed by atoms with Gasteiger partial charge in [0.15, 0.2) is 0 Å². The van der Waals surface area contributed by atoms with Crippen LogP contribution in [0.4, 0.5) is 0 Å². The highest BCUT2D eigenvalue weighted by molar-refractivity contribution is 6.51. The summed E-state index contributed by atoms with van der Waals surface area (Å²) in [7, 11) is -0.169. The lowest BCUT2D eigenvalue weighted by Crippen LogP contribution is -2.41. The molecule has 1 saturated carbocycles. The van der Waals surface area contributed by atoms with Crippen molar-refractivity contribution in [2.75, 3.05) is 0 Å². The highest BCUT2D eigenvalue weighted by Gasteiger charge is 2.50. The van der Waals surface area contributed by atoms with Gasteiger partial charge in [-0.3, -0.25) is 0 Å². The van der Waals surface area contributed by atoms with Gasteiger partial charge in [-0.15, -0.1) is 0 Å². The second-order valence-corrected chi connectivity index (χ2v) is 7.15. The van der Waals surface area contributed by atoms with E-state index in [1.165, 1.54) is 24.8 Å². The summed E-state index contributed by atoms with van der Waals surface area (Å²) in [5, 5.41) is 0. The second kappa shape index (κ2) is 4.68. The molecule has 2 fully saturated rings. The Morgan fingerprint density at radius 1 is 1.06 bits per heavy atom. The maximum absolute atomic E-state index is 6.05. The maximum atomic E-state index is 6.05. The molecule has 2 rings (SSSR count). The Morgan fingerprint density at radius 3 is 2.17 bits per heavy atom. The molecule has 2 unspecified atom stereocenters. The van der Waals surface area contributed by atoms with Gasteiger partial charge in [0.1, 0.15) is 0 Å². The predicted octanol–water partition coefficient (Wildman–Crippen LogP) is 4.00. The lowest BCUT2D eigenvalue weighted by Gasteiger charge is -2.32. The van der Waals surface area contributed by atoms with Crippen LogP contribution in [0.2, 0.25) is 0 Å². The van der Waals surface area contributed by atoms with Crippen molar-refractivity contribution in [3.8, 4) is 0 Å². The summed E-state index contributed by atoms with van der Waals surface area (Å²) in [5.41, 5.74) is 1.07. The molecule has 0 bridgehead atoms. The van der Waals surface area contributed by atoms with Crippen LogP contribution in [0.25, 0.3) is 0 Å². The molecule has 0 amide bonds. The fraction of sp³-hybridized carbons (Fsp3) is 0.867. The van der Waals surface area contributed by atoms with Crippen molar-refractivity contribution in [1.82, 2.24) is 0 Å². The Labute approximate surface area is 112 Å². The molecule has 2 atom stereocenters. The minimum absolute atomic E-state index is 0.169. The predicted molar refractivity (Wildman–Crippen MR) is 76.3 cm³/mol. The van der Waals surface area contributed by atoms with Crippen molar-refractivity contribution >= 4 is 7.12 Å². The van der Waals surface area contributed by atoms with E-state index in [2.05, 4.69) is 47.5 Å². The Balaban J connectivity index is 2.10. The van der Waals surface area contributed by atoms with Gasteiger partial charge in [0.05, 0.1) is 11.2 Å². The normalized spacial score (nSPS) is 37.2. The lowest BCUT2D eigenvalue weighted by molar-refractivity contribution is 0.00578. The van der Waals surface area contributed by atoms with Gasteiger partial charge in [-0.1, -0.05) is 25.4 Å². The molecule has 2 nitrogen and oxygen atoms in total. The van der Waals surface area contributed by atoms with Gasteiger partial charge in [0, 0.05) is 0 Å². The van der Waals surface area contributed by atoms with Crippen LogP contribution >= 0.6 is 0 Å². The fourth-order valence-corrected chi connectivity index (χ4v) is 2.79. The van der Waals surface area contributed by atoms with E-state index in [4.69, 9.17) is 9.31 Å². The third kappa shape index (κ3) is 2.67. The smallest absolute Gasteiger partial charge is 0.400 e. The Kier molecular flexibility index (Phi) is 3.68. The number of hydrogen-bond donors (Lipinski definition) is 0. The van der Waals surface area contributed by atoms with Crippen LogP contribution in [0.5, 0.6) is 0 Å². The van der Waals surface area contributed by atoms with E-state index in [0.717, 1.165) is 5.92 Å². The minimum atomic E-state index is -0.224. The molecular formula is C15H27BO2. The Bertz CT molecular complexity index is 330. The monoisotopic (exact) mass is 250 g/mol. The van der Waals surface area contributed by atoms with Crippen molar-refractivity contribution in [3.05, 3.63) is 11.5 Å². The van der Waals surface area contributed by atoms with Gasteiger partial charge >= 0.3 is 7.12 Å². The van der Waals surface area contributed by atoms with E-state index in [1.54, 1.807) is 0 Å². The SMILES string of the molecule is CC1CCC(C)/C(=C/B2OC(C)(C)C(C)(C)O2)C1. The molecule has 1 saturated heterocycles. The van der Waals surface area contributed by atoms with Gasteiger partial charge in [0.25, 0.3) is 0 Å². The molecule has 18 heavy (non-hydrogen) atoms. The van der Waals surface area contributed by atoms with Gasteiger partial charge in [-0.05, 0) is 58.8 Å². The quantitative estimate of drug-likeness (QED) is 0.655. The summed E-state index contributed by atoms with van der Waals surface area (Å²) in [6.45, 7) is 13.1. The topological polar surface area (TPSA) is 18.5 Å². The zero-order valence-electron chi connectivity index (χ0n) is 12.7. The van der Waals surface area contributed by atoms with Gasteiger partial charge in [-0.2, -0.15) is 0 Å². The van der Waals surface area contributed by atoms with Crippen molar-refractivity contribution in [2.45, 2.75) is 72.0 Å². The first-order valence-electron chi connectivity index (χ1n) is 7.27. The van der Waals surface area contributed by atoms with Crippen LogP contribution in [0.1, 0.15) is 60.8 Å². The molecule has 0 N–H and O–H groups in total. The van der Waals surface area contributed by atoms with E-state index in [1.807, 2.05) is 0 Å². The van der Waals surface area contributed by atoms with E-state index in [9.17, 15) is 0 Å². The van der Waals surface area contributed by atoms with Crippen molar-refractivity contribution in [1.29, 1.82) is 0 Å². The molecule has 1 aliphatic carbocycles. The minimum Gasteiger partial charge on any atom is -0.400 e. The zero-order chi connectivity index (χ0) is 13.6. The first-order valence-corrected chi connectivity index (χ1v) is 7.27. The van der Waals surface area contributed by atoms with E-state index in [-0.39, 0.29) is 18.3 Å². The molecule has 0 spiro atoms. The third-order valence-electron chi connectivity index (χ3n) is 4.93. The van der Waals surface area contributed by atoms with Crippen LogP contribution in [0, 0.1) is 11.8 Å². The van der Waals surface area contributed by atoms with Gasteiger partial charge in [-0.25, -0.2) is 0 Å².